The molecule has 1 heterocycles. The topological polar surface area (TPSA) is 37.4 Å². The van der Waals surface area contributed by atoms with Crippen molar-refractivity contribution in [1.82, 2.24) is 4.90 Å². The molecule has 3 nitrogen and oxygen atoms in total. The van der Waals surface area contributed by atoms with Crippen LogP contribution < -0.4 is 0 Å². The molecule has 0 spiro atoms. The minimum absolute atomic E-state index is 0.156. The molecule has 1 saturated carbocycles. The van der Waals surface area contributed by atoms with Crippen molar-refractivity contribution in [2.24, 2.45) is 5.41 Å². The second kappa shape index (κ2) is 5.93. The molecule has 1 unspecified atom stereocenters. The maximum atomic E-state index is 12.7. The van der Waals surface area contributed by atoms with Crippen LogP contribution in [0.1, 0.15) is 36.5 Å². The summed E-state index contributed by atoms with van der Waals surface area (Å²) < 4.78 is 0. The molecule has 0 amide bonds. The fourth-order valence-corrected chi connectivity index (χ4v) is 4.18. The lowest BCUT2D eigenvalue weighted by atomic mass is 9.94. The Morgan fingerprint density at radius 2 is 2.00 bits per heavy atom. The van der Waals surface area contributed by atoms with Gasteiger partial charge < -0.3 is 4.90 Å². The third-order valence-electron chi connectivity index (χ3n) is 4.46. The fraction of sp³-hybridized carbons (Fsp3) is 0.529. The Labute approximate surface area is 130 Å². The SMILES string of the molecule is CC(=O)SC1CCN(CC2(C(=O)c3ccccc3)CC2)C1. The average molecular weight is 303 g/mol. The van der Waals surface area contributed by atoms with Gasteiger partial charge in [0.1, 0.15) is 0 Å². The number of Topliss-reactive ketones (excluding diaryl/α,β-unsaturated/α-hetero) is 1. The molecule has 1 aliphatic heterocycles. The van der Waals surface area contributed by atoms with E-state index >= 15 is 0 Å². The van der Waals surface area contributed by atoms with E-state index in [0.717, 1.165) is 44.5 Å². The van der Waals surface area contributed by atoms with Gasteiger partial charge in [0.2, 0.25) is 0 Å². The highest BCUT2D eigenvalue weighted by molar-refractivity contribution is 8.14. The normalized spacial score (nSPS) is 24.0. The Kier molecular flexibility index (Phi) is 4.18. The van der Waals surface area contributed by atoms with Crippen molar-refractivity contribution >= 4 is 22.7 Å². The number of thioether (sulfide) groups is 1. The standard InChI is InChI=1S/C17H21NO2S/c1-13(19)21-15-7-10-18(11-15)12-17(8-9-17)16(20)14-5-3-2-4-6-14/h2-6,15H,7-12H2,1H3. The van der Waals surface area contributed by atoms with Crippen LogP contribution in [0, 0.1) is 5.41 Å². The lowest BCUT2D eigenvalue weighted by Crippen LogP contribution is -2.33. The molecule has 1 saturated heterocycles. The minimum Gasteiger partial charge on any atom is -0.301 e. The van der Waals surface area contributed by atoms with Gasteiger partial charge in [0.25, 0.3) is 0 Å². The van der Waals surface area contributed by atoms with E-state index in [1.807, 2.05) is 30.3 Å². The Hall–Kier alpha value is -1.13. The smallest absolute Gasteiger partial charge is 0.186 e. The van der Waals surface area contributed by atoms with Crippen molar-refractivity contribution in [2.45, 2.75) is 31.4 Å². The van der Waals surface area contributed by atoms with Crippen LogP contribution in [-0.4, -0.2) is 40.7 Å². The van der Waals surface area contributed by atoms with E-state index in [0.29, 0.717) is 11.0 Å². The number of ketones is 1. The van der Waals surface area contributed by atoms with Gasteiger partial charge >= 0.3 is 0 Å². The molecule has 2 aliphatic rings. The Morgan fingerprint density at radius 3 is 2.62 bits per heavy atom. The molecule has 3 rings (SSSR count). The van der Waals surface area contributed by atoms with Crippen molar-refractivity contribution in [3.05, 3.63) is 35.9 Å². The van der Waals surface area contributed by atoms with Crippen LogP contribution in [-0.2, 0) is 4.79 Å². The number of hydrogen-bond acceptors (Lipinski definition) is 4. The van der Waals surface area contributed by atoms with Crippen molar-refractivity contribution in [1.29, 1.82) is 0 Å². The molecule has 112 valence electrons. The molecular weight excluding hydrogens is 282 g/mol. The highest BCUT2D eigenvalue weighted by Gasteiger charge is 2.51. The van der Waals surface area contributed by atoms with Gasteiger partial charge in [-0.15, -0.1) is 0 Å². The van der Waals surface area contributed by atoms with E-state index in [-0.39, 0.29) is 10.5 Å². The van der Waals surface area contributed by atoms with Gasteiger partial charge in [-0.3, -0.25) is 9.59 Å². The van der Waals surface area contributed by atoms with Crippen LogP contribution in [0.2, 0.25) is 0 Å². The summed E-state index contributed by atoms with van der Waals surface area (Å²) in [5, 5.41) is 0.605. The Morgan fingerprint density at radius 1 is 1.29 bits per heavy atom. The first kappa shape index (κ1) is 14.8. The first-order valence-electron chi connectivity index (χ1n) is 7.58. The predicted molar refractivity (Wildman–Crippen MR) is 85.6 cm³/mol. The van der Waals surface area contributed by atoms with Crippen molar-refractivity contribution in [3.8, 4) is 0 Å². The molecular formula is C17H21NO2S. The Bertz CT molecular complexity index is 539. The zero-order valence-electron chi connectivity index (χ0n) is 12.4. The molecule has 2 fully saturated rings. The van der Waals surface area contributed by atoms with E-state index in [9.17, 15) is 9.59 Å². The number of benzene rings is 1. The largest absolute Gasteiger partial charge is 0.301 e. The number of carbonyl (C=O) groups excluding carboxylic acids is 2. The van der Waals surface area contributed by atoms with Crippen LogP contribution in [0.15, 0.2) is 30.3 Å². The highest BCUT2D eigenvalue weighted by atomic mass is 32.2. The summed E-state index contributed by atoms with van der Waals surface area (Å²) in [5.41, 5.74) is 0.681. The second-order valence-electron chi connectivity index (χ2n) is 6.23. The molecule has 0 N–H and O–H groups in total. The number of hydrogen-bond donors (Lipinski definition) is 0. The summed E-state index contributed by atoms with van der Waals surface area (Å²) in [7, 11) is 0. The molecule has 0 bridgehead atoms. The van der Waals surface area contributed by atoms with Crippen LogP contribution in [0.25, 0.3) is 0 Å². The van der Waals surface area contributed by atoms with Gasteiger partial charge in [-0.25, -0.2) is 0 Å². The summed E-state index contributed by atoms with van der Waals surface area (Å²) in [6, 6.07) is 9.64. The molecule has 4 heteroatoms. The van der Waals surface area contributed by atoms with E-state index in [1.165, 1.54) is 11.8 Å². The maximum absolute atomic E-state index is 12.7. The molecule has 21 heavy (non-hydrogen) atoms. The minimum atomic E-state index is -0.156. The highest BCUT2D eigenvalue weighted by Crippen LogP contribution is 2.49. The van der Waals surface area contributed by atoms with Crippen molar-refractivity contribution in [3.63, 3.8) is 0 Å². The van der Waals surface area contributed by atoms with Gasteiger partial charge in [-0.05, 0) is 25.8 Å². The van der Waals surface area contributed by atoms with Gasteiger partial charge in [0.05, 0.1) is 0 Å². The first-order chi connectivity index (χ1) is 10.1. The molecule has 1 atom stereocenters. The number of carbonyl (C=O) groups is 2. The van der Waals surface area contributed by atoms with Crippen molar-refractivity contribution in [2.75, 3.05) is 19.6 Å². The van der Waals surface area contributed by atoms with Gasteiger partial charge in [-0.2, -0.15) is 0 Å². The lowest BCUT2D eigenvalue weighted by molar-refractivity contribution is -0.109. The molecule has 0 radical (unpaired) electrons. The monoisotopic (exact) mass is 303 g/mol. The third kappa shape index (κ3) is 3.38. The number of nitrogens with zero attached hydrogens (tertiary/aromatic N) is 1. The lowest BCUT2D eigenvalue weighted by Gasteiger charge is -2.22. The second-order valence-corrected chi connectivity index (χ2v) is 7.71. The van der Waals surface area contributed by atoms with E-state index in [4.69, 9.17) is 0 Å². The number of likely N-dealkylation sites (tertiary alicyclic amines) is 1. The molecule has 1 aromatic carbocycles. The maximum Gasteiger partial charge on any atom is 0.186 e. The summed E-state index contributed by atoms with van der Waals surface area (Å²) in [5.74, 6) is 0.297. The van der Waals surface area contributed by atoms with Crippen molar-refractivity contribution < 1.29 is 9.59 Å². The molecule has 0 aromatic heterocycles. The first-order valence-corrected chi connectivity index (χ1v) is 8.46. The zero-order chi connectivity index (χ0) is 14.9. The third-order valence-corrected chi connectivity index (χ3v) is 5.51. The Balaban J connectivity index is 1.60. The number of rotatable bonds is 5. The van der Waals surface area contributed by atoms with Crippen LogP contribution in [0.3, 0.4) is 0 Å². The van der Waals surface area contributed by atoms with E-state index in [1.54, 1.807) is 6.92 Å². The summed E-state index contributed by atoms with van der Waals surface area (Å²) >= 11 is 1.45. The fourth-order valence-electron chi connectivity index (χ4n) is 3.20. The zero-order valence-corrected chi connectivity index (χ0v) is 13.2. The van der Waals surface area contributed by atoms with Crippen LogP contribution >= 0.6 is 11.8 Å². The van der Waals surface area contributed by atoms with Gasteiger partial charge in [0.15, 0.2) is 10.9 Å². The summed E-state index contributed by atoms with van der Waals surface area (Å²) in [6.45, 7) is 4.44. The molecule has 1 aromatic rings. The van der Waals surface area contributed by atoms with E-state index < -0.39 is 0 Å². The molecule has 1 aliphatic carbocycles. The average Bonchev–Trinajstić information content (AvgIpc) is 3.12. The van der Waals surface area contributed by atoms with Crippen LogP contribution in [0.4, 0.5) is 0 Å². The van der Waals surface area contributed by atoms with Crippen LogP contribution in [0.5, 0.6) is 0 Å². The van der Waals surface area contributed by atoms with Gasteiger partial charge in [0, 0.05) is 36.2 Å². The van der Waals surface area contributed by atoms with E-state index in [2.05, 4.69) is 4.90 Å². The summed E-state index contributed by atoms with van der Waals surface area (Å²) in [4.78, 5) is 26.2. The summed E-state index contributed by atoms with van der Waals surface area (Å²) in [6.07, 6.45) is 3.06. The predicted octanol–water partition coefficient (Wildman–Crippen LogP) is 3.00. The van der Waals surface area contributed by atoms with Gasteiger partial charge in [-0.1, -0.05) is 42.1 Å². The quantitative estimate of drug-likeness (QED) is 0.784.